The van der Waals surface area contributed by atoms with Gasteiger partial charge < -0.3 is 19.9 Å². The molecule has 0 aromatic carbocycles. The van der Waals surface area contributed by atoms with Gasteiger partial charge in [-0.2, -0.15) is 0 Å². The summed E-state index contributed by atoms with van der Waals surface area (Å²) in [4.78, 5) is 8.93. The van der Waals surface area contributed by atoms with Crippen LogP contribution in [0.5, 0.6) is 0 Å². The Balaban J connectivity index is 0.00000288. The van der Waals surface area contributed by atoms with Crippen LogP contribution >= 0.6 is 24.0 Å². The Labute approximate surface area is 162 Å². The smallest absolute Gasteiger partial charge is 0.191 e. The summed E-state index contributed by atoms with van der Waals surface area (Å²) >= 11 is 0. The molecule has 1 unspecified atom stereocenters. The molecule has 2 heterocycles. The summed E-state index contributed by atoms with van der Waals surface area (Å²) in [6.45, 7) is 10.7. The molecule has 1 aromatic heterocycles. The van der Waals surface area contributed by atoms with Crippen molar-refractivity contribution in [3.05, 3.63) is 18.2 Å². The van der Waals surface area contributed by atoms with E-state index in [4.69, 9.17) is 4.74 Å². The second-order valence-corrected chi connectivity index (χ2v) is 6.40. The Morgan fingerprint density at radius 2 is 2.25 bits per heavy atom. The van der Waals surface area contributed by atoms with Crippen LogP contribution in [-0.2, 0) is 11.3 Å². The van der Waals surface area contributed by atoms with Gasteiger partial charge in [-0.3, -0.25) is 4.99 Å². The van der Waals surface area contributed by atoms with Crippen LogP contribution in [0.25, 0.3) is 0 Å². The van der Waals surface area contributed by atoms with Gasteiger partial charge in [-0.25, -0.2) is 4.98 Å². The van der Waals surface area contributed by atoms with Crippen molar-refractivity contribution in [2.75, 3.05) is 26.2 Å². The number of nitrogens with one attached hydrogen (secondary N) is 2. The van der Waals surface area contributed by atoms with Crippen molar-refractivity contribution >= 4 is 29.9 Å². The number of aliphatic imine (C=N–C) groups is 1. The van der Waals surface area contributed by atoms with Crippen LogP contribution in [0.15, 0.2) is 17.4 Å². The normalized spacial score (nSPS) is 20.7. The fraction of sp³-hybridized carbons (Fsp3) is 0.765. The summed E-state index contributed by atoms with van der Waals surface area (Å²) in [6.07, 6.45) is 8.37. The molecular weight excluding hydrogens is 417 g/mol. The van der Waals surface area contributed by atoms with E-state index >= 15 is 0 Å². The monoisotopic (exact) mass is 449 g/mol. The van der Waals surface area contributed by atoms with Crippen molar-refractivity contribution < 1.29 is 4.74 Å². The molecule has 7 heteroatoms. The van der Waals surface area contributed by atoms with Gasteiger partial charge in [0.05, 0.1) is 12.1 Å². The van der Waals surface area contributed by atoms with Crippen molar-refractivity contribution in [1.82, 2.24) is 20.2 Å². The highest BCUT2D eigenvalue weighted by Crippen LogP contribution is 2.24. The Bertz CT molecular complexity index is 497. The first-order valence-electron chi connectivity index (χ1n) is 8.77. The fourth-order valence-corrected chi connectivity index (χ4v) is 2.80. The van der Waals surface area contributed by atoms with Gasteiger partial charge in [0.25, 0.3) is 0 Å². The molecule has 1 fully saturated rings. The van der Waals surface area contributed by atoms with E-state index in [1.807, 2.05) is 19.3 Å². The lowest BCUT2D eigenvalue weighted by atomic mass is 10.0. The predicted molar refractivity (Wildman–Crippen MR) is 109 cm³/mol. The van der Waals surface area contributed by atoms with Gasteiger partial charge in [0.2, 0.25) is 0 Å². The Morgan fingerprint density at radius 1 is 1.42 bits per heavy atom. The van der Waals surface area contributed by atoms with Crippen LogP contribution in [0.1, 0.15) is 45.4 Å². The first-order valence-corrected chi connectivity index (χ1v) is 8.77. The van der Waals surface area contributed by atoms with Crippen molar-refractivity contribution in [2.45, 2.75) is 58.6 Å². The summed E-state index contributed by atoms with van der Waals surface area (Å²) in [5.41, 5.74) is -0.0820. The fourth-order valence-electron chi connectivity index (χ4n) is 2.80. The summed E-state index contributed by atoms with van der Waals surface area (Å²) in [7, 11) is 0. The molecule has 138 valence electrons. The summed E-state index contributed by atoms with van der Waals surface area (Å²) in [5, 5.41) is 6.72. The maximum Gasteiger partial charge on any atom is 0.191 e. The van der Waals surface area contributed by atoms with Crippen molar-refractivity contribution in [1.29, 1.82) is 0 Å². The van der Waals surface area contributed by atoms with Crippen molar-refractivity contribution in [2.24, 2.45) is 4.99 Å². The topological polar surface area (TPSA) is 63.5 Å². The number of rotatable bonds is 8. The quantitative estimate of drug-likeness (QED) is 0.277. The van der Waals surface area contributed by atoms with Gasteiger partial charge in [0, 0.05) is 38.6 Å². The molecule has 0 spiro atoms. The number of hydrogen-bond acceptors (Lipinski definition) is 3. The Morgan fingerprint density at radius 3 is 2.88 bits per heavy atom. The maximum absolute atomic E-state index is 5.79. The predicted octanol–water partition coefficient (Wildman–Crippen LogP) is 2.71. The number of imidazole rings is 1. The molecule has 1 aliphatic rings. The third-order valence-corrected chi connectivity index (χ3v) is 4.26. The van der Waals surface area contributed by atoms with Crippen LogP contribution < -0.4 is 10.6 Å². The van der Waals surface area contributed by atoms with Crippen LogP contribution in [0, 0.1) is 6.92 Å². The first-order chi connectivity index (χ1) is 11.1. The second-order valence-electron chi connectivity index (χ2n) is 6.40. The SMILES string of the molecule is CCNC(=NCC1(C)CCCO1)NCCCCn1ccnc1C.I. The third-order valence-electron chi connectivity index (χ3n) is 4.26. The van der Waals surface area contributed by atoms with Crippen LogP contribution in [0.4, 0.5) is 0 Å². The Kier molecular flexibility index (Phi) is 9.65. The lowest BCUT2D eigenvalue weighted by molar-refractivity contribution is 0.0283. The molecule has 1 aliphatic heterocycles. The van der Waals surface area contributed by atoms with E-state index in [-0.39, 0.29) is 29.6 Å². The summed E-state index contributed by atoms with van der Waals surface area (Å²) in [5.74, 6) is 1.97. The van der Waals surface area contributed by atoms with E-state index in [1.165, 1.54) is 0 Å². The average molecular weight is 449 g/mol. The largest absolute Gasteiger partial charge is 0.373 e. The molecule has 0 saturated carbocycles. The number of aromatic nitrogens is 2. The zero-order chi connectivity index (χ0) is 16.5. The molecule has 0 bridgehead atoms. The summed E-state index contributed by atoms with van der Waals surface area (Å²) < 4.78 is 7.99. The van der Waals surface area contributed by atoms with Crippen LogP contribution in [0.3, 0.4) is 0 Å². The van der Waals surface area contributed by atoms with E-state index in [9.17, 15) is 0 Å². The minimum atomic E-state index is -0.0820. The zero-order valence-electron chi connectivity index (χ0n) is 15.2. The number of guanidine groups is 1. The molecule has 2 rings (SSSR count). The number of unbranched alkanes of at least 4 members (excludes halogenated alkanes) is 1. The lowest BCUT2D eigenvalue weighted by Gasteiger charge is -2.21. The molecule has 1 atom stereocenters. The zero-order valence-corrected chi connectivity index (χ0v) is 17.5. The average Bonchev–Trinajstić information content (AvgIpc) is 3.14. The highest BCUT2D eigenvalue weighted by molar-refractivity contribution is 14.0. The number of halogens is 1. The van der Waals surface area contributed by atoms with Gasteiger partial charge >= 0.3 is 0 Å². The van der Waals surface area contributed by atoms with E-state index < -0.39 is 0 Å². The highest BCUT2D eigenvalue weighted by atomic mass is 127. The molecule has 0 radical (unpaired) electrons. The lowest BCUT2D eigenvalue weighted by Crippen LogP contribution is -2.39. The van der Waals surface area contributed by atoms with E-state index in [2.05, 4.69) is 39.0 Å². The standard InChI is InChI=1S/C17H31N5O.HI/c1-4-18-16(21-14-17(3)8-7-13-23-17)20-9-5-6-11-22-12-10-19-15(22)2;/h10,12H,4-9,11,13-14H2,1-3H3,(H2,18,20,21);1H. The molecule has 24 heavy (non-hydrogen) atoms. The molecule has 1 saturated heterocycles. The number of hydrogen-bond donors (Lipinski definition) is 2. The van der Waals surface area contributed by atoms with Crippen LogP contribution in [0.2, 0.25) is 0 Å². The molecule has 6 nitrogen and oxygen atoms in total. The number of ether oxygens (including phenoxy) is 1. The summed E-state index contributed by atoms with van der Waals surface area (Å²) in [6, 6.07) is 0. The van der Waals surface area contributed by atoms with Crippen LogP contribution in [-0.4, -0.2) is 47.4 Å². The van der Waals surface area contributed by atoms with Gasteiger partial charge in [0.15, 0.2) is 5.96 Å². The Hall–Kier alpha value is -0.830. The van der Waals surface area contributed by atoms with Gasteiger partial charge in [-0.1, -0.05) is 0 Å². The molecular formula is C17H32IN5O. The molecule has 1 aromatic rings. The maximum atomic E-state index is 5.79. The first kappa shape index (κ1) is 21.2. The molecule has 0 amide bonds. The molecule has 2 N–H and O–H groups in total. The minimum absolute atomic E-state index is 0. The number of nitrogens with zero attached hydrogens (tertiary/aromatic N) is 3. The van der Waals surface area contributed by atoms with E-state index in [0.29, 0.717) is 0 Å². The van der Waals surface area contributed by atoms with E-state index in [1.54, 1.807) is 0 Å². The minimum Gasteiger partial charge on any atom is -0.373 e. The molecule has 0 aliphatic carbocycles. The second kappa shape index (κ2) is 10.9. The van der Waals surface area contributed by atoms with E-state index in [0.717, 1.165) is 70.3 Å². The highest BCUT2D eigenvalue weighted by Gasteiger charge is 2.29. The third kappa shape index (κ3) is 6.96. The van der Waals surface area contributed by atoms with Gasteiger partial charge in [-0.15, -0.1) is 24.0 Å². The van der Waals surface area contributed by atoms with Gasteiger partial charge in [0.1, 0.15) is 5.82 Å². The van der Waals surface area contributed by atoms with Crippen molar-refractivity contribution in [3.63, 3.8) is 0 Å². The van der Waals surface area contributed by atoms with Gasteiger partial charge in [-0.05, 0) is 46.5 Å². The number of aryl methyl sites for hydroxylation is 2. The van der Waals surface area contributed by atoms with Crippen molar-refractivity contribution in [3.8, 4) is 0 Å².